The van der Waals surface area contributed by atoms with Crippen LogP contribution in [0.1, 0.15) is 35.0 Å². The second-order valence-electron chi connectivity index (χ2n) is 7.31. The molecule has 33 heavy (non-hydrogen) atoms. The summed E-state index contributed by atoms with van der Waals surface area (Å²) in [6.45, 7) is 4.16. The van der Waals surface area contributed by atoms with Gasteiger partial charge >= 0.3 is 6.36 Å². The van der Waals surface area contributed by atoms with Crippen LogP contribution in [0.3, 0.4) is 0 Å². The van der Waals surface area contributed by atoms with Gasteiger partial charge in [-0.2, -0.15) is 0 Å². The summed E-state index contributed by atoms with van der Waals surface area (Å²) in [6, 6.07) is 7.85. The molecule has 0 aliphatic carbocycles. The van der Waals surface area contributed by atoms with E-state index in [2.05, 4.69) is 10.1 Å². The number of hydrogen-bond acceptors (Lipinski definition) is 4. The van der Waals surface area contributed by atoms with Crippen LogP contribution in [0.25, 0.3) is 10.9 Å². The van der Waals surface area contributed by atoms with Crippen molar-refractivity contribution in [3.63, 3.8) is 0 Å². The van der Waals surface area contributed by atoms with Gasteiger partial charge in [0.25, 0.3) is 5.91 Å². The zero-order valence-electron chi connectivity index (χ0n) is 18.2. The summed E-state index contributed by atoms with van der Waals surface area (Å²) >= 11 is 6.29. The molecule has 0 saturated heterocycles. The molecule has 3 aromatic rings. The summed E-state index contributed by atoms with van der Waals surface area (Å²) in [4.78, 5) is 25.8. The van der Waals surface area contributed by atoms with Gasteiger partial charge < -0.3 is 14.8 Å². The van der Waals surface area contributed by atoms with Gasteiger partial charge in [-0.15, -0.1) is 13.2 Å². The van der Waals surface area contributed by atoms with Crippen molar-refractivity contribution in [3.05, 3.63) is 58.2 Å². The van der Waals surface area contributed by atoms with E-state index in [4.69, 9.17) is 16.3 Å². The van der Waals surface area contributed by atoms with Crippen LogP contribution in [0.2, 0.25) is 5.02 Å². The molecule has 0 bridgehead atoms. The van der Waals surface area contributed by atoms with Gasteiger partial charge in [-0.25, -0.2) is 0 Å². The van der Waals surface area contributed by atoms with Gasteiger partial charge in [0.1, 0.15) is 11.5 Å². The Morgan fingerprint density at radius 1 is 1.15 bits per heavy atom. The number of carbonyl (C=O) groups excluding carboxylic acids is 2. The maximum absolute atomic E-state index is 13.3. The van der Waals surface area contributed by atoms with E-state index in [1.165, 1.54) is 23.8 Å². The fourth-order valence-electron chi connectivity index (χ4n) is 3.54. The number of amides is 1. The molecule has 0 fully saturated rings. The maximum Gasteiger partial charge on any atom is 0.573 e. The number of hydrogen-bond donors (Lipinski definition) is 1. The predicted molar refractivity (Wildman–Crippen MR) is 118 cm³/mol. The van der Waals surface area contributed by atoms with Gasteiger partial charge in [0, 0.05) is 23.2 Å². The maximum atomic E-state index is 13.3. The molecule has 3 rings (SSSR count). The van der Waals surface area contributed by atoms with Gasteiger partial charge in [-0.05, 0) is 55.3 Å². The molecule has 0 unspecified atom stereocenters. The third-order valence-corrected chi connectivity index (χ3v) is 5.35. The minimum absolute atomic E-state index is 0.0335. The van der Waals surface area contributed by atoms with Crippen molar-refractivity contribution in [3.8, 4) is 11.5 Å². The van der Waals surface area contributed by atoms with Crippen LogP contribution in [-0.2, 0) is 11.2 Å². The molecular weight excluding hydrogens is 461 g/mol. The summed E-state index contributed by atoms with van der Waals surface area (Å²) in [5.41, 5.74) is 1.73. The second kappa shape index (κ2) is 9.74. The van der Waals surface area contributed by atoms with E-state index in [1.54, 1.807) is 19.1 Å². The van der Waals surface area contributed by atoms with Crippen molar-refractivity contribution in [2.45, 2.75) is 33.1 Å². The van der Waals surface area contributed by atoms with Crippen LogP contribution in [0.15, 0.2) is 36.4 Å². The number of carbonyl (C=O) groups is 2. The first-order chi connectivity index (χ1) is 15.6. The first-order valence-corrected chi connectivity index (χ1v) is 10.5. The highest BCUT2D eigenvalue weighted by Crippen LogP contribution is 2.35. The van der Waals surface area contributed by atoms with Crippen molar-refractivity contribution >= 4 is 34.3 Å². The molecule has 0 spiro atoms. The molecule has 1 amide bonds. The van der Waals surface area contributed by atoms with E-state index >= 15 is 0 Å². The number of rotatable bonds is 7. The van der Waals surface area contributed by atoms with Crippen molar-refractivity contribution in [2.75, 3.05) is 13.7 Å². The molecule has 10 heteroatoms. The Morgan fingerprint density at radius 2 is 1.82 bits per heavy atom. The van der Waals surface area contributed by atoms with E-state index in [0.29, 0.717) is 34.5 Å². The van der Waals surface area contributed by atoms with Gasteiger partial charge in [-0.1, -0.05) is 18.5 Å². The number of fused-ring (bicyclic) bond motifs is 1. The number of benzene rings is 2. The summed E-state index contributed by atoms with van der Waals surface area (Å²) in [5.74, 6) is -0.738. The SMILES string of the molecule is CCCNC(=O)Cc1c(C)n(C(=O)c2ccc(OC(F)(F)F)cc2)c2cc(Cl)c(OC)cc12. The Balaban J connectivity index is 2.08. The lowest BCUT2D eigenvalue weighted by atomic mass is 10.1. The smallest absolute Gasteiger partial charge is 0.495 e. The Labute approximate surface area is 193 Å². The van der Waals surface area contributed by atoms with E-state index in [0.717, 1.165) is 18.6 Å². The van der Waals surface area contributed by atoms with Crippen molar-refractivity contribution in [1.82, 2.24) is 9.88 Å². The number of alkyl halides is 3. The third kappa shape index (κ3) is 5.42. The minimum atomic E-state index is -4.83. The van der Waals surface area contributed by atoms with Crippen LogP contribution in [0.5, 0.6) is 11.5 Å². The largest absolute Gasteiger partial charge is 0.573 e. The Morgan fingerprint density at radius 3 is 2.39 bits per heavy atom. The lowest BCUT2D eigenvalue weighted by molar-refractivity contribution is -0.274. The fraction of sp³-hybridized carbons (Fsp3) is 0.304. The summed E-state index contributed by atoms with van der Waals surface area (Å²) in [5, 5.41) is 3.70. The predicted octanol–water partition coefficient (Wildman–Crippen LogP) is 5.27. The fourth-order valence-corrected chi connectivity index (χ4v) is 3.77. The normalized spacial score (nSPS) is 11.5. The molecule has 2 aromatic carbocycles. The molecule has 0 atom stereocenters. The number of halogens is 4. The highest BCUT2D eigenvalue weighted by atomic mass is 35.5. The number of nitrogens with zero attached hydrogens (tertiary/aromatic N) is 1. The van der Waals surface area contributed by atoms with E-state index in [-0.39, 0.29) is 22.9 Å². The van der Waals surface area contributed by atoms with Gasteiger partial charge in [0.2, 0.25) is 5.91 Å². The van der Waals surface area contributed by atoms with Crippen LogP contribution in [0, 0.1) is 6.92 Å². The number of methoxy groups -OCH3 is 1. The molecular formula is C23H22ClF3N2O4. The van der Waals surface area contributed by atoms with Crippen LogP contribution in [0.4, 0.5) is 13.2 Å². The third-order valence-electron chi connectivity index (χ3n) is 5.06. The van der Waals surface area contributed by atoms with Crippen molar-refractivity contribution < 1.29 is 32.2 Å². The zero-order valence-corrected chi connectivity index (χ0v) is 18.9. The highest BCUT2D eigenvalue weighted by Gasteiger charge is 2.31. The number of ether oxygens (including phenoxy) is 2. The van der Waals surface area contributed by atoms with Crippen molar-refractivity contribution in [2.24, 2.45) is 0 Å². The van der Waals surface area contributed by atoms with Crippen LogP contribution in [-0.4, -0.2) is 36.4 Å². The first-order valence-electron chi connectivity index (χ1n) is 10.1. The molecule has 1 heterocycles. The van der Waals surface area contributed by atoms with Gasteiger partial charge in [0.05, 0.1) is 24.1 Å². The van der Waals surface area contributed by atoms with Gasteiger partial charge in [-0.3, -0.25) is 14.2 Å². The zero-order chi connectivity index (χ0) is 24.3. The quantitative estimate of drug-likeness (QED) is 0.498. The Hall–Kier alpha value is -3.20. The average Bonchev–Trinajstić information content (AvgIpc) is 3.00. The van der Waals surface area contributed by atoms with Crippen molar-refractivity contribution in [1.29, 1.82) is 0 Å². The van der Waals surface area contributed by atoms with E-state index < -0.39 is 18.0 Å². The first kappa shape index (κ1) is 24.4. The monoisotopic (exact) mass is 482 g/mol. The molecule has 176 valence electrons. The van der Waals surface area contributed by atoms with E-state index in [9.17, 15) is 22.8 Å². The molecule has 0 aliphatic rings. The number of aromatic nitrogens is 1. The second-order valence-corrected chi connectivity index (χ2v) is 7.71. The minimum Gasteiger partial charge on any atom is -0.495 e. The Kier molecular flexibility index (Phi) is 7.22. The van der Waals surface area contributed by atoms with Crippen LogP contribution < -0.4 is 14.8 Å². The lowest BCUT2D eigenvalue weighted by Gasteiger charge is -2.11. The molecule has 0 radical (unpaired) electrons. The standard InChI is InChI=1S/C23H22ClF3N2O4/c1-4-9-28-21(30)11-16-13(2)29(19-12-18(24)20(32-3)10-17(16)19)22(31)14-5-7-15(8-6-14)33-23(25,26)27/h5-8,10,12H,4,9,11H2,1-3H3,(H,28,30). The molecule has 6 nitrogen and oxygen atoms in total. The molecule has 0 aliphatic heterocycles. The summed E-state index contributed by atoms with van der Waals surface area (Å²) in [6.07, 6.45) is -4.02. The van der Waals surface area contributed by atoms with Crippen LogP contribution >= 0.6 is 11.6 Å². The average molecular weight is 483 g/mol. The summed E-state index contributed by atoms with van der Waals surface area (Å²) in [7, 11) is 1.46. The van der Waals surface area contributed by atoms with E-state index in [1.807, 2.05) is 6.92 Å². The summed E-state index contributed by atoms with van der Waals surface area (Å²) < 4.78 is 47.8. The topological polar surface area (TPSA) is 69.6 Å². The highest BCUT2D eigenvalue weighted by molar-refractivity contribution is 6.33. The molecule has 1 N–H and O–H groups in total. The molecule has 0 saturated carbocycles. The lowest BCUT2D eigenvalue weighted by Crippen LogP contribution is -2.26. The molecule has 1 aromatic heterocycles. The number of nitrogens with one attached hydrogen (secondary N) is 1. The Bertz CT molecular complexity index is 1190. The van der Waals surface area contributed by atoms with Gasteiger partial charge in [0.15, 0.2) is 0 Å².